The summed E-state index contributed by atoms with van der Waals surface area (Å²) in [6.07, 6.45) is 7.13. The Balaban J connectivity index is 1.31. The molecule has 2 heterocycles. The smallest absolute Gasteiger partial charge is 0.351 e. The van der Waals surface area contributed by atoms with E-state index >= 15 is 0 Å². The van der Waals surface area contributed by atoms with Crippen LogP contribution in [0.5, 0.6) is 0 Å². The molecule has 0 saturated heterocycles. The zero-order valence-electron chi connectivity index (χ0n) is 23.0. The molecular formula is C29H36N6O5S. The molecule has 0 unspecified atom stereocenters. The van der Waals surface area contributed by atoms with Crippen LogP contribution in [0.1, 0.15) is 49.8 Å². The standard InChI is InChI=1S/C29H36N6O5S/c1-2-3-4-5-19-34-28(37)32-35(29(34)38)25-12-14-26(15-13-25)41(39,40)33-24-10-8-22(9-11-24)16-18-31-21-27(36)23-7-6-17-30-20-23/h6-15,17,20,27,31,33,36H,2-5,16,18-19,21H2,1H3,(H,32,37)/t27-/m0/s1. The number of hydrogen-bond acceptors (Lipinski definition) is 7. The van der Waals surface area contributed by atoms with Gasteiger partial charge < -0.3 is 10.4 Å². The molecule has 0 spiro atoms. The van der Waals surface area contributed by atoms with Crippen molar-refractivity contribution in [1.29, 1.82) is 0 Å². The maximum absolute atomic E-state index is 12.9. The fourth-order valence-corrected chi connectivity index (χ4v) is 5.43. The van der Waals surface area contributed by atoms with Crippen molar-refractivity contribution in [3.63, 3.8) is 0 Å². The second kappa shape index (κ2) is 14.1. The van der Waals surface area contributed by atoms with Crippen molar-refractivity contribution in [2.45, 2.75) is 56.6 Å². The Bertz CT molecular complexity index is 1610. The van der Waals surface area contributed by atoms with Gasteiger partial charge in [0.05, 0.1) is 16.7 Å². The molecule has 4 rings (SSSR count). The number of H-pyrrole nitrogens is 1. The van der Waals surface area contributed by atoms with Crippen molar-refractivity contribution in [3.8, 4) is 5.69 Å². The number of pyridine rings is 1. The molecule has 2 aromatic carbocycles. The van der Waals surface area contributed by atoms with Gasteiger partial charge in [-0.05, 0) is 67.4 Å². The highest BCUT2D eigenvalue weighted by Crippen LogP contribution is 2.18. The van der Waals surface area contributed by atoms with Crippen LogP contribution in [0.4, 0.5) is 5.69 Å². The summed E-state index contributed by atoms with van der Waals surface area (Å²) in [5.41, 5.74) is 1.56. The van der Waals surface area contributed by atoms with Crippen molar-refractivity contribution in [2.24, 2.45) is 0 Å². The maximum Gasteiger partial charge on any atom is 0.351 e. The van der Waals surface area contributed by atoms with E-state index in [4.69, 9.17) is 0 Å². The Morgan fingerprint density at radius 1 is 1.00 bits per heavy atom. The molecule has 11 nitrogen and oxygen atoms in total. The summed E-state index contributed by atoms with van der Waals surface area (Å²) >= 11 is 0. The molecule has 2 aromatic heterocycles. The van der Waals surface area contributed by atoms with Crippen LogP contribution < -0.4 is 21.4 Å². The van der Waals surface area contributed by atoms with Crippen molar-refractivity contribution in [2.75, 3.05) is 17.8 Å². The number of unbranched alkanes of at least 4 members (excludes halogenated alkanes) is 3. The van der Waals surface area contributed by atoms with E-state index in [0.29, 0.717) is 37.4 Å². The van der Waals surface area contributed by atoms with Crippen LogP contribution in [0.25, 0.3) is 5.69 Å². The second-order valence-electron chi connectivity index (χ2n) is 9.80. The highest BCUT2D eigenvalue weighted by atomic mass is 32.2. The van der Waals surface area contributed by atoms with Crippen molar-refractivity contribution >= 4 is 15.7 Å². The predicted molar refractivity (Wildman–Crippen MR) is 158 cm³/mol. The van der Waals surface area contributed by atoms with E-state index in [0.717, 1.165) is 46.1 Å². The SMILES string of the molecule is CCCCCCn1c(=O)[nH]n(-c2ccc(S(=O)(=O)Nc3ccc(CCNC[C@H](O)c4cccnc4)cc3)cc2)c1=O. The Morgan fingerprint density at radius 2 is 1.76 bits per heavy atom. The first-order chi connectivity index (χ1) is 19.8. The van der Waals surface area contributed by atoms with E-state index in [-0.39, 0.29) is 4.90 Å². The van der Waals surface area contributed by atoms with Crippen LogP contribution in [0.3, 0.4) is 0 Å². The first-order valence-electron chi connectivity index (χ1n) is 13.7. The van der Waals surface area contributed by atoms with E-state index in [2.05, 4.69) is 27.0 Å². The summed E-state index contributed by atoms with van der Waals surface area (Å²) in [6, 6.07) is 16.4. The number of aliphatic hydroxyl groups excluding tert-OH is 1. The van der Waals surface area contributed by atoms with Gasteiger partial charge in [0.1, 0.15) is 0 Å². The summed E-state index contributed by atoms with van der Waals surface area (Å²) in [7, 11) is -3.87. The first-order valence-corrected chi connectivity index (χ1v) is 15.2. The summed E-state index contributed by atoms with van der Waals surface area (Å²) in [5, 5.41) is 15.9. The molecule has 1 atom stereocenters. The Morgan fingerprint density at radius 3 is 2.44 bits per heavy atom. The Hall–Kier alpha value is -4.00. The van der Waals surface area contributed by atoms with Gasteiger partial charge in [-0.15, -0.1) is 0 Å². The molecule has 12 heteroatoms. The molecule has 4 aromatic rings. The average Bonchev–Trinajstić information content (AvgIpc) is 3.27. The van der Waals surface area contributed by atoms with Gasteiger partial charge in [0.25, 0.3) is 10.0 Å². The number of benzene rings is 2. The number of aromatic amines is 1. The van der Waals surface area contributed by atoms with Crippen molar-refractivity contribution in [1.82, 2.24) is 24.6 Å². The van der Waals surface area contributed by atoms with E-state index in [9.17, 15) is 23.1 Å². The first kappa shape index (κ1) is 30.0. The lowest BCUT2D eigenvalue weighted by atomic mass is 10.1. The molecule has 0 fully saturated rings. The monoisotopic (exact) mass is 580 g/mol. The average molecular weight is 581 g/mol. The van der Waals surface area contributed by atoms with Crippen LogP contribution in [0.2, 0.25) is 0 Å². The summed E-state index contributed by atoms with van der Waals surface area (Å²) in [4.78, 5) is 29.0. The number of aliphatic hydroxyl groups is 1. The Kier molecular flexibility index (Phi) is 10.3. The van der Waals surface area contributed by atoms with Crippen molar-refractivity contribution < 1.29 is 13.5 Å². The third kappa shape index (κ3) is 8.03. The van der Waals surface area contributed by atoms with Gasteiger partial charge in [-0.3, -0.25) is 9.71 Å². The van der Waals surface area contributed by atoms with Crippen LogP contribution in [0.15, 0.2) is 87.5 Å². The molecule has 218 valence electrons. The number of sulfonamides is 1. The lowest BCUT2D eigenvalue weighted by Crippen LogP contribution is -2.28. The lowest BCUT2D eigenvalue weighted by molar-refractivity contribution is 0.174. The van der Waals surface area contributed by atoms with Gasteiger partial charge in [0, 0.05) is 36.7 Å². The van der Waals surface area contributed by atoms with Gasteiger partial charge in [0.2, 0.25) is 0 Å². The fourth-order valence-electron chi connectivity index (χ4n) is 4.37. The summed E-state index contributed by atoms with van der Waals surface area (Å²) in [5.74, 6) is 0. The zero-order chi connectivity index (χ0) is 29.2. The summed E-state index contributed by atoms with van der Waals surface area (Å²) in [6.45, 7) is 3.47. The van der Waals surface area contributed by atoms with Crippen LogP contribution >= 0.6 is 0 Å². The van der Waals surface area contributed by atoms with Crippen molar-refractivity contribution in [3.05, 3.63) is 105 Å². The number of hydrogen-bond donors (Lipinski definition) is 4. The second-order valence-corrected chi connectivity index (χ2v) is 11.5. The highest BCUT2D eigenvalue weighted by molar-refractivity contribution is 7.92. The molecule has 0 radical (unpaired) electrons. The minimum atomic E-state index is -3.87. The van der Waals surface area contributed by atoms with Gasteiger partial charge in [0.15, 0.2) is 0 Å². The van der Waals surface area contributed by atoms with E-state index in [1.165, 1.54) is 24.3 Å². The van der Waals surface area contributed by atoms with Crippen LogP contribution in [0, 0.1) is 0 Å². The number of anilines is 1. The van der Waals surface area contributed by atoms with Gasteiger partial charge >= 0.3 is 11.4 Å². The topological polar surface area (TPSA) is 151 Å². The lowest BCUT2D eigenvalue weighted by Gasteiger charge is -2.12. The third-order valence-electron chi connectivity index (χ3n) is 6.72. The van der Waals surface area contributed by atoms with Gasteiger partial charge in [-0.2, -0.15) is 0 Å². The number of rotatable bonds is 15. The normalized spacial score (nSPS) is 12.3. The highest BCUT2D eigenvalue weighted by Gasteiger charge is 2.16. The molecule has 0 saturated carbocycles. The third-order valence-corrected chi connectivity index (χ3v) is 8.12. The van der Waals surface area contributed by atoms with E-state index < -0.39 is 27.5 Å². The summed E-state index contributed by atoms with van der Waals surface area (Å²) < 4.78 is 30.7. The van der Waals surface area contributed by atoms with E-state index in [1.807, 2.05) is 18.2 Å². The predicted octanol–water partition coefficient (Wildman–Crippen LogP) is 2.97. The molecule has 0 amide bonds. The van der Waals surface area contributed by atoms with Gasteiger partial charge in [-0.1, -0.05) is 44.4 Å². The molecule has 0 bridgehead atoms. The van der Waals surface area contributed by atoms with Crippen LogP contribution in [-0.4, -0.2) is 45.9 Å². The van der Waals surface area contributed by atoms with Crippen LogP contribution in [-0.2, 0) is 23.0 Å². The fraction of sp³-hybridized carbons (Fsp3) is 0.345. The minimum absolute atomic E-state index is 0.0242. The Labute approximate surface area is 238 Å². The van der Waals surface area contributed by atoms with E-state index in [1.54, 1.807) is 30.6 Å². The maximum atomic E-state index is 12.9. The van der Waals surface area contributed by atoms with Gasteiger partial charge in [-0.25, -0.2) is 32.4 Å². The quantitative estimate of drug-likeness (QED) is 0.158. The number of nitrogens with zero attached hydrogens (tertiary/aromatic N) is 3. The largest absolute Gasteiger partial charge is 0.387 e. The minimum Gasteiger partial charge on any atom is -0.387 e. The number of nitrogens with one attached hydrogen (secondary N) is 3. The molecule has 0 aliphatic heterocycles. The number of aromatic nitrogens is 4. The molecule has 41 heavy (non-hydrogen) atoms. The molecular weight excluding hydrogens is 544 g/mol. The zero-order valence-corrected chi connectivity index (χ0v) is 23.8. The molecule has 4 N–H and O–H groups in total. The molecule has 0 aliphatic carbocycles. The molecule has 0 aliphatic rings.